The van der Waals surface area contributed by atoms with Crippen LogP contribution in [0.5, 0.6) is 11.5 Å². The highest BCUT2D eigenvalue weighted by atomic mass is 35.5. The Morgan fingerprint density at radius 3 is 2.45 bits per heavy atom. The maximum Gasteiger partial charge on any atom is 0.143 e. The molecule has 1 aromatic rings. The topological polar surface area (TPSA) is 30.5 Å². The van der Waals surface area contributed by atoms with Crippen LogP contribution in [0.3, 0.4) is 0 Å². The van der Waals surface area contributed by atoms with Gasteiger partial charge in [0.1, 0.15) is 11.5 Å². The monoisotopic (exact) mass is 297 g/mol. The average molecular weight is 298 g/mol. The van der Waals surface area contributed by atoms with Crippen LogP contribution in [-0.4, -0.2) is 20.8 Å². The van der Waals surface area contributed by atoms with E-state index in [4.69, 9.17) is 21.1 Å². The average Bonchev–Trinajstić information content (AvgIpc) is 2.49. The number of ether oxygens (including phenoxy) is 2. The zero-order valence-corrected chi connectivity index (χ0v) is 13.1. The van der Waals surface area contributed by atoms with Crippen LogP contribution in [0.25, 0.3) is 0 Å². The first kappa shape index (κ1) is 15.3. The summed E-state index contributed by atoms with van der Waals surface area (Å²) in [5.74, 6) is 2.31. The molecule has 0 amide bonds. The van der Waals surface area contributed by atoms with E-state index in [1.807, 2.05) is 6.07 Å². The van der Waals surface area contributed by atoms with Gasteiger partial charge in [-0.3, -0.25) is 0 Å². The summed E-state index contributed by atoms with van der Waals surface area (Å²) in [6.07, 6.45) is 8.16. The third-order valence-corrected chi connectivity index (χ3v) is 4.36. The molecule has 20 heavy (non-hydrogen) atoms. The van der Waals surface area contributed by atoms with Crippen molar-refractivity contribution in [1.82, 2.24) is 0 Å². The van der Waals surface area contributed by atoms with Gasteiger partial charge < -0.3 is 14.8 Å². The number of methoxy groups -OCH3 is 2. The van der Waals surface area contributed by atoms with Crippen LogP contribution in [0, 0.1) is 5.92 Å². The minimum absolute atomic E-state index is 0.571. The summed E-state index contributed by atoms with van der Waals surface area (Å²) in [5.41, 5.74) is 0.949. The van der Waals surface area contributed by atoms with Crippen molar-refractivity contribution in [3.8, 4) is 11.5 Å². The molecule has 0 radical (unpaired) electrons. The van der Waals surface area contributed by atoms with Crippen LogP contribution in [0.2, 0.25) is 5.02 Å². The number of halogens is 1. The van der Waals surface area contributed by atoms with Crippen molar-refractivity contribution >= 4 is 17.3 Å². The lowest BCUT2D eigenvalue weighted by atomic mass is 9.87. The number of hydrogen-bond donors (Lipinski definition) is 1. The van der Waals surface area contributed by atoms with Crippen molar-refractivity contribution in [3.63, 3.8) is 0 Å². The molecule has 4 heteroatoms. The summed E-state index contributed by atoms with van der Waals surface area (Å²) in [4.78, 5) is 0. The Labute approximate surface area is 126 Å². The number of rotatable bonds is 6. The maximum atomic E-state index is 6.10. The van der Waals surface area contributed by atoms with Gasteiger partial charge in [-0.25, -0.2) is 0 Å². The fraction of sp³-hybridized carbons (Fsp3) is 0.625. The molecule has 2 rings (SSSR count). The van der Waals surface area contributed by atoms with Gasteiger partial charge in [0.25, 0.3) is 0 Å². The molecule has 1 fully saturated rings. The highest BCUT2D eigenvalue weighted by molar-refractivity contribution is 6.32. The zero-order valence-electron chi connectivity index (χ0n) is 12.4. The van der Waals surface area contributed by atoms with Crippen molar-refractivity contribution in [2.75, 3.05) is 26.1 Å². The predicted molar refractivity (Wildman–Crippen MR) is 84.2 cm³/mol. The molecule has 1 aliphatic rings. The van der Waals surface area contributed by atoms with Crippen molar-refractivity contribution in [2.45, 2.75) is 38.5 Å². The molecule has 3 nitrogen and oxygen atoms in total. The molecular formula is C16H24ClNO2. The third kappa shape index (κ3) is 3.95. The second-order valence-corrected chi connectivity index (χ2v) is 5.81. The smallest absolute Gasteiger partial charge is 0.143 e. The Morgan fingerprint density at radius 2 is 1.80 bits per heavy atom. The van der Waals surface area contributed by atoms with Crippen LogP contribution in [0.15, 0.2) is 12.1 Å². The zero-order chi connectivity index (χ0) is 14.4. The summed E-state index contributed by atoms with van der Waals surface area (Å²) in [6, 6.07) is 3.70. The number of nitrogens with one attached hydrogen (secondary N) is 1. The van der Waals surface area contributed by atoms with Gasteiger partial charge >= 0.3 is 0 Å². The lowest BCUT2D eigenvalue weighted by Crippen LogP contribution is -2.12. The fourth-order valence-corrected chi connectivity index (χ4v) is 3.12. The molecule has 0 aromatic heterocycles. The van der Waals surface area contributed by atoms with Crippen molar-refractivity contribution in [2.24, 2.45) is 5.92 Å². The van der Waals surface area contributed by atoms with Crippen molar-refractivity contribution in [3.05, 3.63) is 17.2 Å². The van der Waals surface area contributed by atoms with E-state index in [-0.39, 0.29) is 0 Å². The van der Waals surface area contributed by atoms with Crippen LogP contribution < -0.4 is 14.8 Å². The minimum Gasteiger partial charge on any atom is -0.495 e. The number of anilines is 1. The summed E-state index contributed by atoms with van der Waals surface area (Å²) >= 11 is 6.10. The lowest BCUT2D eigenvalue weighted by molar-refractivity contribution is 0.345. The molecule has 1 N–H and O–H groups in total. The Bertz CT molecular complexity index is 431. The van der Waals surface area contributed by atoms with Crippen LogP contribution in [0.1, 0.15) is 38.5 Å². The molecule has 0 heterocycles. The molecule has 0 spiro atoms. The molecule has 0 saturated heterocycles. The highest BCUT2D eigenvalue weighted by Crippen LogP contribution is 2.36. The summed E-state index contributed by atoms with van der Waals surface area (Å²) in [7, 11) is 3.28. The van der Waals surface area contributed by atoms with E-state index in [0.717, 1.165) is 23.9 Å². The molecule has 0 unspecified atom stereocenters. The molecule has 1 aliphatic carbocycles. The van der Waals surface area contributed by atoms with E-state index >= 15 is 0 Å². The SMILES string of the molecule is COc1cc(NCCC2CCCCC2)c(OC)cc1Cl. The first-order valence-electron chi connectivity index (χ1n) is 7.40. The Morgan fingerprint density at radius 1 is 1.10 bits per heavy atom. The lowest BCUT2D eigenvalue weighted by Gasteiger charge is -2.22. The van der Waals surface area contributed by atoms with E-state index in [9.17, 15) is 0 Å². The Hall–Kier alpha value is -1.09. The van der Waals surface area contributed by atoms with Crippen LogP contribution >= 0.6 is 11.6 Å². The molecular weight excluding hydrogens is 274 g/mol. The van der Waals surface area contributed by atoms with E-state index in [2.05, 4.69) is 5.32 Å². The minimum atomic E-state index is 0.571. The molecule has 112 valence electrons. The van der Waals surface area contributed by atoms with Gasteiger partial charge in [-0.1, -0.05) is 43.7 Å². The fourth-order valence-electron chi connectivity index (χ4n) is 2.89. The normalized spacial score (nSPS) is 15.9. The van der Waals surface area contributed by atoms with E-state index in [1.165, 1.54) is 38.5 Å². The quantitative estimate of drug-likeness (QED) is 0.822. The van der Waals surface area contributed by atoms with Gasteiger partial charge in [0.05, 0.1) is 24.9 Å². The summed E-state index contributed by atoms with van der Waals surface area (Å²) in [5, 5.41) is 4.02. The van der Waals surface area contributed by atoms with Crippen molar-refractivity contribution in [1.29, 1.82) is 0 Å². The van der Waals surface area contributed by atoms with E-state index in [1.54, 1.807) is 20.3 Å². The molecule has 0 atom stereocenters. The van der Waals surface area contributed by atoms with Gasteiger partial charge in [0.15, 0.2) is 0 Å². The van der Waals surface area contributed by atoms with E-state index in [0.29, 0.717) is 10.8 Å². The van der Waals surface area contributed by atoms with Gasteiger partial charge in [-0.15, -0.1) is 0 Å². The largest absolute Gasteiger partial charge is 0.495 e. The molecule has 0 aliphatic heterocycles. The summed E-state index contributed by atoms with van der Waals surface area (Å²) < 4.78 is 10.6. The second kappa shape index (κ2) is 7.63. The first-order valence-corrected chi connectivity index (χ1v) is 7.77. The van der Waals surface area contributed by atoms with E-state index < -0.39 is 0 Å². The van der Waals surface area contributed by atoms with Gasteiger partial charge in [0.2, 0.25) is 0 Å². The van der Waals surface area contributed by atoms with Gasteiger partial charge in [-0.2, -0.15) is 0 Å². The van der Waals surface area contributed by atoms with Crippen LogP contribution in [-0.2, 0) is 0 Å². The predicted octanol–water partition coefficient (Wildman–Crippen LogP) is 4.74. The Balaban J connectivity index is 1.93. The van der Waals surface area contributed by atoms with Gasteiger partial charge in [-0.05, 0) is 12.3 Å². The molecule has 1 saturated carbocycles. The maximum absolute atomic E-state index is 6.10. The first-order chi connectivity index (χ1) is 9.74. The number of benzene rings is 1. The molecule has 1 aromatic carbocycles. The Kier molecular flexibility index (Phi) is 5.84. The number of hydrogen-bond acceptors (Lipinski definition) is 3. The molecule has 0 bridgehead atoms. The second-order valence-electron chi connectivity index (χ2n) is 5.41. The van der Waals surface area contributed by atoms with Crippen LogP contribution in [0.4, 0.5) is 5.69 Å². The van der Waals surface area contributed by atoms with Gasteiger partial charge in [0, 0.05) is 18.7 Å². The highest BCUT2D eigenvalue weighted by Gasteiger charge is 2.14. The van der Waals surface area contributed by atoms with Crippen molar-refractivity contribution < 1.29 is 9.47 Å². The standard InChI is InChI=1S/C16H24ClNO2/c1-19-15-11-14(16(20-2)10-13(15)17)18-9-8-12-6-4-3-5-7-12/h10-12,18H,3-9H2,1-2H3. The summed E-state index contributed by atoms with van der Waals surface area (Å²) in [6.45, 7) is 0.964. The third-order valence-electron chi connectivity index (χ3n) is 4.07.